The lowest BCUT2D eigenvalue weighted by Crippen LogP contribution is -2.31. The van der Waals surface area contributed by atoms with E-state index in [4.69, 9.17) is 10.00 Å². The lowest BCUT2D eigenvalue weighted by molar-refractivity contribution is -0.137. The highest BCUT2D eigenvalue weighted by Gasteiger charge is 2.38. The number of hydrogen-bond donors (Lipinski definition) is 0. The van der Waals surface area contributed by atoms with Crippen LogP contribution in [0.1, 0.15) is 16.7 Å². The largest absolute Gasteiger partial charge is 0.485 e. The van der Waals surface area contributed by atoms with Gasteiger partial charge in [0, 0.05) is 12.6 Å². The van der Waals surface area contributed by atoms with Crippen molar-refractivity contribution in [3.8, 4) is 17.9 Å². The first-order valence-electron chi connectivity index (χ1n) is 8.63. The maximum Gasteiger partial charge on any atom is 0.416 e. The van der Waals surface area contributed by atoms with E-state index in [9.17, 15) is 31.2 Å². The Morgan fingerprint density at radius 1 is 1.10 bits per heavy atom. The molecule has 0 bridgehead atoms. The molecule has 1 heterocycles. The number of benzene rings is 2. The molecule has 31 heavy (non-hydrogen) atoms. The molecular formula is C20H13F4N3O3S. The number of nitrogens with zero attached hydrogens (tertiary/aromatic N) is 3. The van der Waals surface area contributed by atoms with Crippen LogP contribution in [0, 0.1) is 28.5 Å². The lowest BCUT2D eigenvalue weighted by Gasteiger charge is -2.18. The Bertz CT molecular complexity index is 1240. The molecule has 1 fully saturated rings. The van der Waals surface area contributed by atoms with Crippen LogP contribution in [0.25, 0.3) is 0 Å². The third-order valence-electron chi connectivity index (χ3n) is 4.59. The first-order valence-corrected chi connectivity index (χ1v) is 10.1. The van der Waals surface area contributed by atoms with Crippen molar-refractivity contribution in [2.45, 2.75) is 17.2 Å². The molecule has 1 aliphatic heterocycles. The average molecular weight is 451 g/mol. The standard InChI is InChI=1S/C20H13F4N3O3S/c1-12-10-27(11-18(12)30-16-4-2-13(8-25)17(21)7-16)31(28,29)19-5-3-15(20(22,23)24)6-14(19)9-26/h2-7,18H,1,10-11H2/t18-/m0/s1. The SMILES string of the molecule is C=C1CN(S(=O)(=O)c2ccc(C(F)(F)F)cc2C#N)C[C@@H]1Oc1ccc(C#N)c(F)c1. The zero-order valence-corrected chi connectivity index (χ0v) is 16.5. The Balaban J connectivity index is 1.86. The van der Waals surface area contributed by atoms with Gasteiger partial charge in [-0.05, 0) is 35.9 Å². The molecule has 0 spiro atoms. The van der Waals surface area contributed by atoms with Crippen molar-refractivity contribution in [3.05, 3.63) is 71.1 Å². The summed E-state index contributed by atoms with van der Waals surface area (Å²) in [4.78, 5) is -0.569. The summed E-state index contributed by atoms with van der Waals surface area (Å²) in [5, 5.41) is 18.0. The number of ether oxygens (including phenoxy) is 1. The van der Waals surface area contributed by atoms with Gasteiger partial charge in [0.25, 0.3) is 0 Å². The van der Waals surface area contributed by atoms with Gasteiger partial charge in [-0.15, -0.1) is 0 Å². The van der Waals surface area contributed by atoms with E-state index in [0.717, 1.165) is 16.4 Å². The van der Waals surface area contributed by atoms with Crippen LogP contribution in [0.5, 0.6) is 5.75 Å². The van der Waals surface area contributed by atoms with Gasteiger partial charge in [-0.25, -0.2) is 12.8 Å². The number of sulfonamides is 1. The molecule has 160 valence electrons. The molecule has 11 heteroatoms. The summed E-state index contributed by atoms with van der Waals surface area (Å²) >= 11 is 0. The third kappa shape index (κ3) is 4.38. The number of rotatable bonds is 4. The third-order valence-corrected chi connectivity index (χ3v) is 6.46. The maximum atomic E-state index is 13.8. The van der Waals surface area contributed by atoms with Crippen LogP contribution in [-0.2, 0) is 16.2 Å². The predicted octanol–water partition coefficient (Wildman–Crippen LogP) is 3.60. The molecular weight excluding hydrogens is 438 g/mol. The van der Waals surface area contributed by atoms with Crippen LogP contribution in [-0.4, -0.2) is 31.9 Å². The maximum absolute atomic E-state index is 13.8. The van der Waals surface area contributed by atoms with Crippen molar-refractivity contribution in [3.63, 3.8) is 0 Å². The molecule has 2 aromatic rings. The normalized spacial score (nSPS) is 17.2. The van der Waals surface area contributed by atoms with Gasteiger partial charge in [-0.2, -0.15) is 28.0 Å². The number of halogens is 4. The van der Waals surface area contributed by atoms with Crippen molar-refractivity contribution in [1.82, 2.24) is 4.31 Å². The van der Waals surface area contributed by atoms with Crippen molar-refractivity contribution < 1.29 is 30.7 Å². The molecule has 2 aromatic carbocycles. The summed E-state index contributed by atoms with van der Waals surface area (Å²) in [6.07, 6.45) is -5.59. The number of hydrogen-bond acceptors (Lipinski definition) is 5. The molecule has 1 saturated heterocycles. The minimum Gasteiger partial charge on any atom is -0.485 e. The van der Waals surface area contributed by atoms with Crippen LogP contribution < -0.4 is 4.74 Å². The van der Waals surface area contributed by atoms with Gasteiger partial charge in [-0.1, -0.05) is 6.58 Å². The van der Waals surface area contributed by atoms with Crippen LogP contribution in [0.3, 0.4) is 0 Å². The molecule has 1 atom stereocenters. The Morgan fingerprint density at radius 3 is 2.35 bits per heavy atom. The fourth-order valence-electron chi connectivity index (χ4n) is 2.99. The van der Waals surface area contributed by atoms with E-state index in [1.54, 1.807) is 6.07 Å². The molecule has 6 nitrogen and oxygen atoms in total. The second-order valence-electron chi connectivity index (χ2n) is 6.64. The van der Waals surface area contributed by atoms with Gasteiger partial charge in [0.1, 0.15) is 29.8 Å². The molecule has 0 unspecified atom stereocenters. The van der Waals surface area contributed by atoms with Gasteiger partial charge >= 0.3 is 6.18 Å². The molecule has 0 saturated carbocycles. The monoisotopic (exact) mass is 451 g/mol. The summed E-state index contributed by atoms with van der Waals surface area (Å²) in [5.74, 6) is -0.759. The Morgan fingerprint density at radius 2 is 1.77 bits per heavy atom. The molecule has 1 aliphatic rings. The minimum atomic E-state index is -4.73. The molecule has 0 amide bonds. The lowest BCUT2D eigenvalue weighted by atomic mass is 10.1. The van der Waals surface area contributed by atoms with E-state index in [2.05, 4.69) is 6.58 Å². The quantitative estimate of drug-likeness (QED) is 0.523. The summed E-state index contributed by atoms with van der Waals surface area (Å²) in [7, 11) is -4.34. The second kappa shape index (κ2) is 8.02. The molecule has 0 N–H and O–H groups in total. The summed E-state index contributed by atoms with van der Waals surface area (Å²) in [6.45, 7) is 3.31. The average Bonchev–Trinajstić information content (AvgIpc) is 3.08. The molecule has 3 rings (SSSR count). The Labute approximate surface area is 175 Å². The van der Waals surface area contributed by atoms with E-state index in [1.165, 1.54) is 18.2 Å². The van der Waals surface area contributed by atoms with E-state index in [-0.39, 0.29) is 24.4 Å². The number of nitriles is 2. The highest BCUT2D eigenvalue weighted by atomic mass is 32.2. The minimum absolute atomic E-state index is 0.0501. The van der Waals surface area contributed by atoms with Crippen molar-refractivity contribution in [2.24, 2.45) is 0 Å². The van der Waals surface area contributed by atoms with Crippen LogP contribution >= 0.6 is 0 Å². The molecule has 0 aromatic heterocycles. The fourth-order valence-corrected chi connectivity index (χ4v) is 4.56. The van der Waals surface area contributed by atoms with Crippen LogP contribution in [0.2, 0.25) is 0 Å². The van der Waals surface area contributed by atoms with Gasteiger partial charge in [0.05, 0.1) is 28.1 Å². The topological polar surface area (TPSA) is 94.2 Å². The van der Waals surface area contributed by atoms with Gasteiger partial charge in [0.15, 0.2) is 0 Å². The summed E-state index contributed by atoms with van der Waals surface area (Å²) in [6, 6.07) is 8.49. The van der Waals surface area contributed by atoms with Gasteiger partial charge < -0.3 is 4.74 Å². The van der Waals surface area contributed by atoms with Crippen molar-refractivity contribution >= 4 is 10.0 Å². The second-order valence-corrected chi connectivity index (χ2v) is 8.54. The molecule has 0 aliphatic carbocycles. The van der Waals surface area contributed by atoms with Crippen molar-refractivity contribution in [2.75, 3.05) is 13.1 Å². The fraction of sp³-hybridized carbons (Fsp3) is 0.200. The van der Waals surface area contributed by atoms with Crippen LogP contribution in [0.15, 0.2) is 53.4 Å². The summed E-state index contributed by atoms with van der Waals surface area (Å²) < 4.78 is 84.8. The first kappa shape index (κ1) is 22.3. The highest BCUT2D eigenvalue weighted by molar-refractivity contribution is 7.89. The van der Waals surface area contributed by atoms with E-state index in [1.807, 2.05) is 0 Å². The predicted molar refractivity (Wildman–Crippen MR) is 99.6 cm³/mol. The van der Waals surface area contributed by atoms with E-state index < -0.39 is 44.1 Å². The highest BCUT2D eigenvalue weighted by Crippen LogP contribution is 2.33. The van der Waals surface area contributed by atoms with E-state index >= 15 is 0 Å². The first-order chi connectivity index (χ1) is 14.5. The van der Waals surface area contributed by atoms with Crippen molar-refractivity contribution in [1.29, 1.82) is 10.5 Å². The zero-order valence-electron chi connectivity index (χ0n) is 15.6. The summed E-state index contributed by atoms with van der Waals surface area (Å²) in [5.41, 5.74) is -1.64. The molecule has 0 radical (unpaired) electrons. The zero-order chi connectivity index (χ0) is 23.0. The number of alkyl halides is 3. The Hall–Kier alpha value is -3.41. The van der Waals surface area contributed by atoms with Gasteiger partial charge in [0.2, 0.25) is 10.0 Å². The van der Waals surface area contributed by atoms with E-state index in [0.29, 0.717) is 17.7 Å². The smallest absolute Gasteiger partial charge is 0.416 e. The van der Waals surface area contributed by atoms with Gasteiger partial charge in [-0.3, -0.25) is 0 Å². The van der Waals surface area contributed by atoms with Crippen LogP contribution in [0.4, 0.5) is 17.6 Å². The Kier molecular flexibility index (Phi) is 5.77.